The van der Waals surface area contributed by atoms with Crippen molar-refractivity contribution >= 4 is 23.5 Å². The highest BCUT2D eigenvalue weighted by Gasteiger charge is 2.18. The molecule has 0 saturated heterocycles. The highest BCUT2D eigenvalue weighted by molar-refractivity contribution is 6.30. The summed E-state index contributed by atoms with van der Waals surface area (Å²) in [5.74, 6) is 0.175. The summed E-state index contributed by atoms with van der Waals surface area (Å²) in [6, 6.07) is 23.5. The van der Waals surface area contributed by atoms with Crippen molar-refractivity contribution in [1.29, 1.82) is 0 Å². The second-order valence-electron chi connectivity index (χ2n) is 6.87. The van der Waals surface area contributed by atoms with Crippen molar-refractivity contribution in [2.24, 2.45) is 0 Å². The first kappa shape index (κ1) is 23.2. The summed E-state index contributed by atoms with van der Waals surface area (Å²) in [5, 5.41) is 3.52. The monoisotopic (exact) mass is 453 g/mol. The summed E-state index contributed by atoms with van der Waals surface area (Å²) in [6.45, 7) is -0.275. The summed E-state index contributed by atoms with van der Waals surface area (Å²) in [6.07, 6.45) is 0.00459. The van der Waals surface area contributed by atoms with Crippen molar-refractivity contribution in [2.75, 3.05) is 20.3 Å². The van der Waals surface area contributed by atoms with Gasteiger partial charge in [0, 0.05) is 5.02 Å². The molecule has 166 valence electrons. The lowest BCUT2D eigenvalue weighted by Gasteiger charge is -2.20. The maximum atomic E-state index is 12.5. The quantitative estimate of drug-likeness (QED) is 0.455. The van der Waals surface area contributed by atoms with Gasteiger partial charge in [0.1, 0.15) is 0 Å². The lowest BCUT2D eigenvalue weighted by molar-refractivity contribution is -0.149. The van der Waals surface area contributed by atoms with Crippen LogP contribution < -0.4 is 14.8 Å². The van der Waals surface area contributed by atoms with Gasteiger partial charge >= 0.3 is 5.97 Å². The predicted molar refractivity (Wildman–Crippen MR) is 122 cm³/mol. The van der Waals surface area contributed by atoms with Crippen molar-refractivity contribution in [3.8, 4) is 11.5 Å². The lowest BCUT2D eigenvalue weighted by Crippen LogP contribution is -2.33. The van der Waals surface area contributed by atoms with Gasteiger partial charge in [-0.25, -0.2) is 0 Å². The molecular weight excluding hydrogens is 430 g/mol. The molecule has 0 aliphatic rings. The number of carbonyl (C=O) groups excluding carboxylic acids is 2. The molecule has 1 N–H and O–H groups in total. The number of hydrogen-bond donors (Lipinski definition) is 1. The van der Waals surface area contributed by atoms with Crippen molar-refractivity contribution < 1.29 is 23.8 Å². The van der Waals surface area contributed by atoms with Gasteiger partial charge in [-0.05, 0) is 35.4 Å². The number of amides is 1. The van der Waals surface area contributed by atoms with Crippen molar-refractivity contribution in [3.05, 3.63) is 95.0 Å². The molecule has 0 saturated carbocycles. The molecule has 0 radical (unpaired) electrons. The van der Waals surface area contributed by atoms with E-state index in [9.17, 15) is 9.59 Å². The molecular formula is C25H24ClNO5. The molecule has 0 aromatic heterocycles. The van der Waals surface area contributed by atoms with Crippen LogP contribution in [0.2, 0.25) is 5.02 Å². The molecule has 3 rings (SSSR count). The standard InChI is InChI=1S/C25H24ClNO5/c1-30-21-9-5-6-10-22(21)31-16-15-24(29)32-17-23(28)27-25(18-7-3-2-4-8-18)19-11-13-20(26)14-12-19/h2-14,25H,15-17H2,1H3,(H,27,28). The van der Waals surface area contributed by atoms with E-state index in [4.69, 9.17) is 25.8 Å². The maximum Gasteiger partial charge on any atom is 0.309 e. The van der Waals surface area contributed by atoms with Crippen molar-refractivity contribution in [1.82, 2.24) is 5.32 Å². The van der Waals surface area contributed by atoms with E-state index in [-0.39, 0.29) is 19.6 Å². The Kier molecular flexibility index (Phi) is 8.52. The first-order valence-corrected chi connectivity index (χ1v) is 10.5. The summed E-state index contributed by atoms with van der Waals surface area (Å²) in [4.78, 5) is 24.5. The summed E-state index contributed by atoms with van der Waals surface area (Å²) >= 11 is 5.99. The molecule has 3 aromatic carbocycles. The topological polar surface area (TPSA) is 73.9 Å². The Bertz CT molecular complexity index is 1020. The normalized spacial score (nSPS) is 11.3. The number of esters is 1. The van der Waals surface area contributed by atoms with Crippen LogP contribution in [0.15, 0.2) is 78.9 Å². The summed E-state index contributed by atoms with van der Waals surface area (Å²) in [5.41, 5.74) is 1.77. The highest BCUT2D eigenvalue weighted by atomic mass is 35.5. The van der Waals surface area contributed by atoms with E-state index in [0.29, 0.717) is 16.5 Å². The molecule has 32 heavy (non-hydrogen) atoms. The number of hydrogen-bond acceptors (Lipinski definition) is 5. The Labute approximate surface area is 192 Å². The van der Waals surface area contributed by atoms with Gasteiger partial charge < -0.3 is 19.5 Å². The average molecular weight is 454 g/mol. The fourth-order valence-corrected chi connectivity index (χ4v) is 3.19. The fourth-order valence-electron chi connectivity index (χ4n) is 3.06. The Balaban J connectivity index is 1.51. The number of methoxy groups -OCH3 is 1. The molecule has 1 unspecified atom stereocenters. The number of para-hydroxylation sites is 2. The first-order valence-electron chi connectivity index (χ1n) is 10.1. The number of ether oxygens (including phenoxy) is 3. The summed E-state index contributed by atoms with van der Waals surface area (Å²) < 4.78 is 15.9. The molecule has 3 aromatic rings. The smallest absolute Gasteiger partial charge is 0.309 e. The number of halogens is 1. The molecule has 0 bridgehead atoms. The minimum atomic E-state index is -0.530. The zero-order valence-corrected chi connectivity index (χ0v) is 18.4. The molecule has 1 amide bonds. The van der Waals surface area contributed by atoms with Crippen LogP contribution in [0.1, 0.15) is 23.6 Å². The van der Waals surface area contributed by atoms with E-state index in [1.807, 2.05) is 54.6 Å². The Hall–Kier alpha value is -3.51. The third-order valence-electron chi connectivity index (χ3n) is 4.64. The molecule has 0 heterocycles. The van der Waals surface area contributed by atoms with Crippen LogP contribution in [0.4, 0.5) is 0 Å². The zero-order chi connectivity index (χ0) is 22.8. The predicted octanol–water partition coefficient (Wildman–Crippen LogP) is 4.57. The minimum Gasteiger partial charge on any atom is -0.493 e. The van der Waals surface area contributed by atoms with E-state index in [0.717, 1.165) is 11.1 Å². The zero-order valence-electron chi connectivity index (χ0n) is 17.6. The van der Waals surface area contributed by atoms with Crippen LogP contribution in [0.5, 0.6) is 11.5 Å². The van der Waals surface area contributed by atoms with Gasteiger partial charge in [0.15, 0.2) is 18.1 Å². The minimum absolute atomic E-state index is 0.00459. The largest absolute Gasteiger partial charge is 0.493 e. The van der Waals surface area contributed by atoms with E-state index in [2.05, 4.69) is 5.32 Å². The van der Waals surface area contributed by atoms with Crippen LogP contribution in [0.3, 0.4) is 0 Å². The molecule has 7 heteroatoms. The molecule has 0 aliphatic heterocycles. The van der Waals surface area contributed by atoms with E-state index >= 15 is 0 Å². The molecule has 0 spiro atoms. The highest BCUT2D eigenvalue weighted by Crippen LogP contribution is 2.26. The van der Waals surface area contributed by atoms with Crippen LogP contribution in [-0.4, -0.2) is 32.2 Å². The Morgan fingerprint density at radius 2 is 1.50 bits per heavy atom. The third kappa shape index (κ3) is 6.75. The number of carbonyl (C=O) groups is 2. The molecule has 1 atom stereocenters. The number of nitrogens with one attached hydrogen (secondary N) is 1. The summed E-state index contributed by atoms with van der Waals surface area (Å²) in [7, 11) is 1.54. The Morgan fingerprint density at radius 1 is 0.875 bits per heavy atom. The first-order chi connectivity index (χ1) is 15.6. The molecule has 0 aliphatic carbocycles. The van der Waals surface area contributed by atoms with E-state index < -0.39 is 17.9 Å². The van der Waals surface area contributed by atoms with Gasteiger partial charge in [-0.3, -0.25) is 9.59 Å². The second-order valence-corrected chi connectivity index (χ2v) is 7.31. The van der Waals surface area contributed by atoms with Crippen molar-refractivity contribution in [2.45, 2.75) is 12.5 Å². The van der Waals surface area contributed by atoms with E-state index in [1.54, 1.807) is 31.4 Å². The molecule has 0 fully saturated rings. The van der Waals surface area contributed by atoms with Crippen LogP contribution >= 0.6 is 11.6 Å². The number of benzene rings is 3. The van der Waals surface area contributed by atoms with Gasteiger partial charge in [0.2, 0.25) is 0 Å². The number of rotatable bonds is 10. The van der Waals surface area contributed by atoms with Gasteiger partial charge in [-0.1, -0.05) is 66.2 Å². The van der Waals surface area contributed by atoms with Gasteiger partial charge in [-0.2, -0.15) is 0 Å². The Morgan fingerprint density at radius 3 is 2.19 bits per heavy atom. The van der Waals surface area contributed by atoms with Gasteiger partial charge in [-0.15, -0.1) is 0 Å². The lowest BCUT2D eigenvalue weighted by atomic mass is 9.99. The second kappa shape index (κ2) is 11.8. The maximum absolute atomic E-state index is 12.5. The molecule has 6 nitrogen and oxygen atoms in total. The van der Waals surface area contributed by atoms with Crippen LogP contribution in [0, 0.1) is 0 Å². The SMILES string of the molecule is COc1ccccc1OCCC(=O)OCC(=O)NC(c1ccccc1)c1ccc(Cl)cc1. The van der Waals surface area contributed by atoms with Crippen LogP contribution in [-0.2, 0) is 14.3 Å². The average Bonchev–Trinajstić information content (AvgIpc) is 2.83. The fraction of sp³-hybridized carbons (Fsp3) is 0.200. The van der Waals surface area contributed by atoms with E-state index in [1.165, 1.54) is 0 Å². The third-order valence-corrected chi connectivity index (χ3v) is 4.89. The van der Waals surface area contributed by atoms with Gasteiger partial charge in [0.25, 0.3) is 5.91 Å². The van der Waals surface area contributed by atoms with Gasteiger partial charge in [0.05, 0.1) is 26.2 Å². The van der Waals surface area contributed by atoms with Crippen molar-refractivity contribution in [3.63, 3.8) is 0 Å². The van der Waals surface area contributed by atoms with Crippen LogP contribution in [0.25, 0.3) is 0 Å².